The van der Waals surface area contributed by atoms with Gasteiger partial charge in [0, 0.05) is 30.5 Å². The number of nitriles is 1. The first-order valence-corrected chi connectivity index (χ1v) is 11.7. The Hall–Kier alpha value is -3.13. The molecular formula is C27H32N4O. The number of aromatic amines is 1. The Labute approximate surface area is 190 Å². The molecule has 0 spiro atoms. The number of aryl methyl sites for hydroxylation is 3. The number of hydrogen-bond acceptors (Lipinski definition) is 3. The van der Waals surface area contributed by atoms with E-state index in [1.165, 1.54) is 16.7 Å². The Morgan fingerprint density at radius 3 is 2.75 bits per heavy atom. The second-order valence-electron chi connectivity index (χ2n) is 9.45. The van der Waals surface area contributed by atoms with E-state index in [9.17, 15) is 4.79 Å². The number of unbranched alkanes of at least 4 members (excludes halogenated alkanes) is 2. The number of fused-ring (bicyclic) bond motifs is 2. The van der Waals surface area contributed by atoms with E-state index >= 15 is 0 Å². The van der Waals surface area contributed by atoms with E-state index in [4.69, 9.17) is 5.26 Å². The van der Waals surface area contributed by atoms with Gasteiger partial charge in [-0.05, 0) is 79.3 Å². The third-order valence-corrected chi connectivity index (χ3v) is 6.46. The van der Waals surface area contributed by atoms with Gasteiger partial charge in [-0.25, -0.2) is 0 Å². The molecule has 0 saturated heterocycles. The molecule has 2 aromatic carbocycles. The van der Waals surface area contributed by atoms with E-state index in [2.05, 4.69) is 54.4 Å². The minimum absolute atomic E-state index is 0.0900. The maximum absolute atomic E-state index is 13.5. The summed E-state index contributed by atoms with van der Waals surface area (Å²) in [5.74, 6) is 0.708. The molecule has 3 aromatic rings. The van der Waals surface area contributed by atoms with Crippen LogP contribution >= 0.6 is 0 Å². The number of benzene rings is 2. The molecule has 0 unspecified atom stereocenters. The van der Waals surface area contributed by atoms with Crippen molar-refractivity contribution in [1.82, 2.24) is 15.1 Å². The minimum atomic E-state index is 0.0900. The van der Waals surface area contributed by atoms with Gasteiger partial charge in [-0.3, -0.25) is 9.89 Å². The van der Waals surface area contributed by atoms with Crippen LogP contribution in [0.3, 0.4) is 0 Å². The van der Waals surface area contributed by atoms with Crippen LogP contribution in [0.1, 0.15) is 77.8 Å². The van der Waals surface area contributed by atoms with Crippen LogP contribution in [-0.2, 0) is 25.9 Å². The zero-order valence-electron chi connectivity index (χ0n) is 19.4. The molecule has 0 fully saturated rings. The topological polar surface area (TPSA) is 72.8 Å². The standard InChI is InChI=1S/C27H32N4O/c1-18(2)8-11-25-24-15-23(19(3)13-26(24)30-29-25)27(32)31-16-21-10-9-20(14-22(21)17-31)7-5-4-6-12-28/h9-10,13-15,18H,4-8,11,16-17H2,1-3H3,(H,29,30). The average molecular weight is 429 g/mol. The summed E-state index contributed by atoms with van der Waals surface area (Å²) in [6.07, 6.45) is 5.56. The number of H-pyrrole nitrogens is 1. The number of aromatic nitrogens is 2. The molecule has 1 aliphatic rings. The lowest BCUT2D eigenvalue weighted by Gasteiger charge is -2.17. The Balaban J connectivity index is 1.50. The summed E-state index contributed by atoms with van der Waals surface area (Å²) >= 11 is 0. The Morgan fingerprint density at radius 2 is 1.97 bits per heavy atom. The molecule has 0 radical (unpaired) electrons. The van der Waals surface area contributed by atoms with Crippen molar-refractivity contribution < 1.29 is 4.79 Å². The first-order chi connectivity index (χ1) is 15.5. The zero-order chi connectivity index (χ0) is 22.7. The Morgan fingerprint density at radius 1 is 1.16 bits per heavy atom. The van der Waals surface area contributed by atoms with Crippen LogP contribution in [-0.4, -0.2) is 21.0 Å². The normalized spacial score (nSPS) is 13.0. The molecule has 0 saturated carbocycles. The van der Waals surface area contributed by atoms with Gasteiger partial charge in [-0.2, -0.15) is 10.4 Å². The predicted molar refractivity (Wildman–Crippen MR) is 127 cm³/mol. The number of carbonyl (C=O) groups is 1. The first-order valence-electron chi connectivity index (χ1n) is 11.7. The van der Waals surface area contributed by atoms with Gasteiger partial charge in [0.05, 0.1) is 17.3 Å². The van der Waals surface area contributed by atoms with Crippen LogP contribution in [0, 0.1) is 24.2 Å². The highest BCUT2D eigenvalue weighted by molar-refractivity contribution is 6.00. The van der Waals surface area contributed by atoms with Crippen LogP contribution in [0.2, 0.25) is 0 Å². The van der Waals surface area contributed by atoms with E-state index in [1.54, 1.807) is 0 Å². The van der Waals surface area contributed by atoms with Crippen molar-refractivity contribution >= 4 is 16.8 Å². The highest BCUT2D eigenvalue weighted by atomic mass is 16.2. The molecule has 1 aliphatic heterocycles. The van der Waals surface area contributed by atoms with Crippen LogP contribution in [0.4, 0.5) is 0 Å². The van der Waals surface area contributed by atoms with Crippen molar-refractivity contribution in [2.75, 3.05) is 0 Å². The maximum Gasteiger partial charge on any atom is 0.254 e. The third-order valence-electron chi connectivity index (χ3n) is 6.46. The Kier molecular flexibility index (Phi) is 6.60. The van der Waals surface area contributed by atoms with Crippen molar-refractivity contribution in [2.24, 2.45) is 5.92 Å². The number of nitrogens with zero attached hydrogens (tertiary/aromatic N) is 3. The lowest BCUT2D eigenvalue weighted by Crippen LogP contribution is -2.26. The average Bonchev–Trinajstić information content (AvgIpc) is 3.37. The second kappa shape index (κ2) is 9.56. The second-order valence-corrected chi connectivity index (χ2v) is 9.45. The molecule has 5 heteroatoms. The summed E-state index contributed by atoms with van der Waals surface area (Å²) in [6.45, 7) is 7.76. The number of amides is 1. The van der Waals surface area contributed by atoms with Crippen LogP contribution in [0.25, 0.3) is 10.9 Å². The summed E-state index contributed by atoms with van der Waals surface area (Å²) in [5.41, 5.74) is 7.58. The molecule has 166 valence electrons. The van der Waals surface area contributed by atoms with Crippen LogP contribution in [0.15, 0.2) is 30.3 Å². The summed E-state index contributed by atoms with van der Waals surface area (Å²) in [7, 11) is 0. The van der Waals surface area contributed by atoms with Crippen LogP contribution in [0.5, 0.6) is 0 Å². The largest absolute Gasteiger partial charge is 0.330 e. The SMILES string of the molecule is Cc1cc2[nH]nc(CCC(C)C)c2cc1C(=O)N1Cc2ccc(CCCCC#N)cc2C1. The fraction of sp³-hybridized carbons (Fsp3) is 0.444. The van der Waals surface area contributed by atoms with Crippen molar-refractivity contribution in [3.8, 4) is 6.07 Å². The summed E-state index contributed by atoms with van der Waals surface area (Å²) < 4.78 is 0. The summed E-state index contributed by atoms with van der Waals surface area (Å²) in [5, 5.41) is 17.4. The number of hydrogen-bond donors (Lipinski definition) is 1. The zero-order valence-corrected chi connectivity index (χ0v) is 19.4. The smallest absolute Gasteiger partial charge is 0.254 e. The van der Waals surface area contributed by atoms with Crippen LogP contribution < -0.4 is 0 Å². The van der Waals surface area contributed by atoms with E-state index in [-0.39, 0.29) is 5.91 Å². The quantitative estimate of drug-likeness (QED) is 0.457. The highest BCUT2D eigenvalue weighted by Gasteiger charge is 2.26. The lowest BCUT2D eigenvalue weighted by atomic mass is 10.0. The highest BCUT2D eigenvalue weighted by Crippen LogP contribution is 2.29. The van der Waals surface area contributed by atoms with Gasteiger partial charge in [-0.1, -0.05) is 32.0 Å². The third kappa shape index (κ3) is 4.70. The maximum atomic E-state index is 13.5. The van der Waals surface area contributed by atoms with Gasteiger partial charge in [0.15, 0.2) is 0 Å². The van der Waals surface area contributed by atoms with E-state index in [1.807, 2.05) is 17.9 Å². The fourth-order valence-corrected chi connectivity index (χ4v) is 4.52. The molecule has 2 heterocycles. The van der Waals surface area contributed by atoms with E-state index in [0.717, 1.165) is 59.8 Å². The minimum Gasteiger partial charge on any atom is -0.330 e. The summed E-state index contributed by atoms with van der Waals surface area (Å²) in [6, 6.07) is 12.9. The molecule has 1 amide bonds. The van der Waals surface area contributed by atoms with Crippen molar-refractivity contribution in [1.29, 1.82) is 5.26 Å². The molecule has 0 aliphatic carbocycles. The monoisotopic (exact) mass is 428 g/mol. The molecule has 0 bridgehead atoms. The van der Waals surface area contributed by atoms with Crippen molar-refractivity contribution in [3.63, 3.8) is 0 Å². The Bertz CT molecular complexity index is 1170. The van der Waals surface area contributed by atoms with Gasteiger partial charge >= 0.3 is 0 Å². The first kappa shape index (κ1) is 22.1. The van der Waals surface area contributed by atoms with Crippen molar-refractivity contribution in [2.45, 2.75) is 72.4 Å². The number of nitrogens with one attached hydrogen (secondary N) is 1. The van der Waals surface area contributed by atoms with Gasteiger partial charge in [0.25, 0.3) is 5.91 Å². The van der Waals surface area contributed by atoms with E-state index < -0.39 is 0 Å². The molecule has 1 aromatic heterocycles. The molecular weight excluding hydrogens is 396 g/mol. The van der Waals surface area contributed by atoms with Gasteiger partial charge in [-0.15, -0.1) is 0 Å². The number of rotatable bonds is 8. The molecule has 4 rings (SSSR count). The van der Waals surface area contributed by atoms with Crippen molar-refractivity contribution in [3.05, 3.63) is 63.8 Å². The molecule has 0 atom stereocenters. The molecule has 1 N–H and O–H groups in total. The predicted octanol–water partition coefficient (Wildman–Crippen LogP) is 5.85. The lowest BCUT2D eigenvalue weighted by molar-refractivity contribution is 0.0751. The number of carbonyl (C=O) groups excluding carboxylic acids is 1. The van der Waals surface area contributed by atoms with Gasteiger partial charge < -0.3 is 4.90 Å². The molecule has 5 nitrogen and oxygen atoms in total. The molecule has 32 heavy (non-hydrogen) atoms. The fourth-order valence-electron chi connectivity index (χ4n) is 4.52. The van der Waals surface area contributed by atoms with Gasteiger partial charge in [0.2, 0.25) is 0 Å². The summed E-state index contributed by atoms with van der Waals surface area (Å²) in [4.78, 5) is 15.4. The van der Waals surface area contributed by atoms with E-state index in [0.29, 0.717) is 25.4 Å². The van der Waals surface area contributed by atoms with Gasteiger partial charge in [0.1, 0.15) is 0 Å².